The van der Waals surface area contributed by atoms with Gasteiger partial charge in [0.2, 0.25) is 0 Å². The molecule has 2 rings (SSSR count). The third kappa shape index (κ3) is 20.4. The number of phosphoric acid groups is 1. The number of carbonyl (C=O) groups excluding carboxylic acids is 2. The van der Waals surface area contributed by atoms with Crippen LogP contribution in [-0.2, 0) is 42.1 Å². The Morgan fingerprint density at radius 3 is 1.57 bits per heavy atom. The molecular weight excluding hydrogens is 809 g/mol. The Morgan fingerprint density at radius 1 is 0.633 bits per heavy atom. The van der Waals surface area contributed by atoms with Gasteiger partial charge >= 0.3 is 11.9 Å². The van der Waals surface area contributed by atoms with Crippen molar-refractivity contribution in [3.8, 4) is 0 Å². The molecule has 1 saturated heterocycles. The minimum Gasteiger partial charge on any atom is -0.756 e. The van der Waals surface area contributed by atoms with Gasteiger partial charge in [-0.05, 0) is 12.8 Å². The maximum atomic E-state index is 13.2. The first-order valence-corrected chi connectivity index (χ1v) is 23.9. The summed E-state index contributed by atoms with van der Waals surface area (Å²) in [4.78, 5) is 38.7. The van der Waals surface area contributed by atoms with Crippen molar-refractivity contribution in [2.75, 3.05) is 19.8 Å². The molecule has 0 spiro atoms. The van der Waals surface area contributed by atoms with Gasteiger partial charge in [0, 0.05) is 12.8 Å². The lowest BCUT2D eigenvalue weighted by atomic mass is 9.84. The van der Waals surface area contributed by atoms with Crippen LogP contribution in [0.2, 0.25) is 0 Å². The maximum Gasteiger partial charge on any atom is 0.306 e. The van der Waals surface area contributed by atoms with E-state index in [4.69, 9.17) is 33.7 Å². The number of esters is 2. The summed E-state index contributed by atoms with van der Waals surface area (Å²) in [5.74, 6) is -1.23. The highest BCUT2D eigenvalue weighted by Gasteiger charge is 2.54. The second-order valence-electron chi connectivity index (χ2n) is 16.3. The molecule has 0 aromatic rings. The summed E-state index contributed by atoms with van der Waals surface area (Å²) >= 11 is 0. The summed E-state index contributed by atoms with van der Waals surface area (Å²) in [5.41, 5.74) is 5.92. The SMILES string of the molecule is CCCCCCCCCCCCC(=O)OC[C@H](COP(=O)([O-])O[C@@H]1[C@H](O)[C@@H](O)[C@@H](O)[C@H](O)[C@H]1O[C@H]1O[C@H](CO)[C@@H](O)[C@H](O)[C@H]1N)OC(=O)CCCCCCCCCCCC. The molecule has 13 atom stereocenters. The molecule has 2 aliphatic rings. The van der Waals surface area contributed by atoms with Gasteiger partial charge in [-0.15, -0.1) is 0 Å². The summed E-state index contributed by atoms with van der Waals surface area (Å²) in [6, 6.07) is -1.53. The van der Waals surface area contributed by atoms with Gasteiger partial charge in [-0.2, -0.15) is 0 Å². The van der Waals surface area contributed by atoms with Crippen LogP contribution in [0.1, 0.15) is 155 Å². The molecule has 0 radical (unpaired) electrons. The Hall–Kier alpha value is -1.35. The lowest BCUT2D eigenvalue weighted by Gasteiger charge is -2.48. The molecule has 0 aromatic heterocycles. The zero-order valence-electron chi connectivity index (χ0n) is 35.8. The number of rotatable bonds is 33. The lowest BCUT2D eigenvalue weighted by molar-refractivity contribution is -0.321. The molecule has 9 N–H and O–H groups in total. The van der Waals surface area contributed by atoms with Crippen LogP contribution >= 0.6 is 7.82 Å². The molecule has 18 nitrogen and oxygen atoms in total. The summed E-state index contributed by atoms with van der Waals surface area (Å²) in [5, 5.41) is 72.4. The molecule has 1 unspecified atom stereocenters. The Bertz CT molecular complexity index is 1200. The molecular formula is C41H77NO17P-. The first-order chi connectivity index (χ1) is 28.7. The number of aliphatic hydroxyl groups is 7. The number of unbranched alkanes of at least 4 members (excludes halogenated alkanes) is 18. The van der Waals surface area contributed by atoms with Crippen molar-refractivity contribution in [3.63, 3.8) is 0 Å². The third-order valence-corrected chi connectivity index (χ3v) is 12.1. The van der Waals surface area contributed by atoms with E-state index in [0.29, 0.717) is 12.8 Å². The normalized spacial score (nSPS) is 29.8. The third-order valence-electron chi connectivity index (χ3n) is 11.1. The summed E-state index contributed by atoms with van der Waals surface area (Å²) in [6.45, 7) is 2.15. The van der Waals surface area contributed by atoms with Crippen LogP contribution in [0.5, 0.6) is 0 Å². The first-order valence-electron chi connectivity index (χ1n) is 22.4. The molecule has 60 heavy (non-hydrogen) atoms. The van der Waals surface area contributed by atoms with Gasteiger partial charge in [-0.25, -0.2) is 0 Å². The predicted molar refractivity (Wildman–Crippen MR) is 217 cm³/mol. The number of hydrogen-bond acceptors (Lipinski definition) is 18. The highest BCUT2D eigenvalue weighted by molar-refractivity contribution is 7.45. The molecule has 1 aliphatic heterocycles. The van der Waals surface area contributed by atoms with Crippen molar-refractivity contribution in [1.29, 1.82) is 0 Å². The Kier molecular flexibility index (Phi) is 28.0. The molecule has 0 bridgehead atoms. The van der Waals surface area contributed by atoms with E-state index in [2.05, 4.69) is 13.8 Å². The van der Waals surface area contributed by atoms with E-state index in [1.807, 2.05) is 0 Å². The van der Waals surface area contributed by atoms with Gasteiger partial charge in [0.25, 0.3) is 7.82 Å². The summed E-state index contributed by atoms with van der Waals surface area (Å²) in [6.07, 6.45) is 0.721. The zero-order valence-corrected chi connectivity index (χ0v) is 36.7. The van der Waals surface area contributed by atoms with E-state index in [1.165, 1.54) is 64.2 Å². The van der Waals surface area contributed by atoms with Crippen molar-refractivity contribution >= 4 is 19.8 Å². The molecule has 19 heteroatoms. The highest BCUT2D eigenvalue weighted by atomic mass is 31.2. The van der Waals surface area contributed by atoms with Crippen LogP contribution < -0.4 is 10.6 Å². The molecule has 0 amide bonds. The highest BCUT2D eigenvalue weighted by Crippen LogP contribution is 2.44. The Labute approximate surface area is 356 Å². The van der Waals surface area contributed by atoms with Gasteiger partial charge in [-0.3, -0.25) is 14.2 Å². The molecule has 0 aromatic carbocycles. The van der Waals surface area contributed by atoms with E-state index < -0.39 is 113 Å². The quantitative estimate of drug-likeness (QED) is 0.0267. The number of ether oxygens (including phenoxy) is 4. The first kappa shape index (κ1) is 54.8. The second kappa shape index (κ2) is 30.7. The standard InChI is InChI=1S/C41H78NO17P/c1-3-5-7-9-11-13-15-17-19-21-23-30(44)54-26-28(56-31(45)24-22-20-18-16-14-12-10-8-6-4-2)27-55-60(52,53)59-40-38(51)36(49)35(48)37(50)39(40)58-41-32(42)34(47)33(46)29(25-43)57-41/h28-29,32-41,43,46-51H,3-27,42H2,1-2H3,(H,52,53)/p-1/t28-,29-,32-,33-,34-,35-,36+,37+,38-,39-,40-,41-/m1/s1. The fraction of sp³-hybridized carbons (Fsp3) is 0.951. The second-order valence-corrected chi connectivity index (χ2v) is 17.7. The van der Waals surface area contributed by atoms with Gasteiger partial charge in [-0.1, -0.05) is 129 Å². The van der Waals surface area contributed by atoms with E-state index in [-0.39, 0.29) is 12.8 Å². The summed E-state index contributed by atoms with van der Waals surface area (Å²) in [7, 11) is -5.57. The van der Waals surface area contributed by atoms with Crippen LogP contribution in [0, 0.1) is 0 Å². The van der Waals surface area contributed by atoms with Crippen molar-refractivity contribution < 1.29 is 82.8 Å². The number of aliphatic hydroxyl groups excluding tert-OH is 7. The number of phosphoric ester groups is 1. The van der Waals surface area contributed by atoms with Gasteiger partial charge in [0.1, 0.15) is 61.5 Å². The zero-order chi connectivity index (χ0) is 44.5. The van der Waals surface area contributed by atoms with Crippen molar-refractivity contribution in [1.82, 2.24) is 0 Å². The number of hydrogen-bond donors (Lipinski definition) is 8. The fourth-order valence-electron chi connectivity index (χ4n) is 7.33. The van der Waals surface area contributed by atoms with E-state index in [0.717, 1.165) is 51.4 Å². The molecule has 1 aliphatic carbocycles. The van der Waals surface area contributed by atoms with E-state index in [1.54, 1.807) is 0 Å². The predicted octanol–water partition coefficient (Wildman–Crippen LogP) is 2.54. The topological polar surface area (TPSA) is 297 Å². The van der Waals surface area contributed by atoms with Crippen molar-refractivity contribution in [2.24, 2.45) is 5.73 Å². The van der Waals surface area contributed by atoms with Crippen LogP contribution in [-0.4, -0.2) is 141 Å². The van der Waals surface area contributed by atoms with Crippen LogP contribution in [0.3, 0.4) is 0 Å². The maximum absolute atomic E-state index is 13.2. The lowest BCUT2D eigenvalue weighted by Crippen LogP contribution is -2.68. The molecule has 354 valence electrons. The Morgan fingerprint density at radius 2 is 1.08 bits per heavy atom. The summed E-state index contributed by atoms with van der Waals surface area (Å²) < 4.78 is 45.1. The van der Waals surface area contributed by atoms with Gasteiger partial charge < -0.3 is 74.4 Å². The van der Waals surface area contributed by atoms with Gasteiger partial charge in [0.15, 0.2) is 12.4 Å². The van der Waals surface area contributed by atoms with Crippen molar-refractivity contribution in [3.05, 3.63) is 0 Å². The largest absolute Gasteiger partial charge is 0.756 e. The van der Waals surface area contributed by atoms with Crippen molar-refractivity contribution in [2.45, 2.75) is 228 Å². The Balaban J connectivity index is 2.02. The number of nitrogens with two attached hydrogens (primary N) is 1. The van der Waals surface area contributed by atoms with Crippen LogP contribution in [0.4, 0.5) is 0 Å². The molecule has 1 heterocycles. The van der Waals surface area contributed by atoms with E-state index >= 15 is 0 Å². The van der Waals surface area contributed by atoms with Crippen LogP contribution in [0.15, 0.2) is 0 Å². The average Bonchev–Trinajstić information content (AvgIpc) is 3.22. The number of carbonyl (C=O) groups is 2. The molecule has 1 saturated carbocycles. The average molecular weight is 887 g/mol. The van der Waals surface area contributed by atoms with Gasteiger partial charge in [0.05, 0.1) is 19.3 Å². The van der Waals surface area contributed by atoms with Crippen LogP contribution in [0.25, 0.3) is 0 Å². The fourth-order valence-corrected chi connectivity index (χ4v) is 8.28. The minimum atomic E-state index is -5.57. The minimum absolute atomic E-state index is 0.0325. The smallest absolute Gasteiger partial charge is 0.306 e. The monoisotopic (exact) mass is 886 g/mol. The van der Waals surface area contributed by atoms with E-state index in [9.17, 15) is 54.8 Å². The molecule has 2 fully saturated rings.